The fourth-order valence-electron chi connectivity index (χ4n) is 2.61. The molecule has 49 heavy (non-hydrogen) atoms. The van der Waals surface area contributed by atoms with Crippen molar-refractivity contribution < 1.29 is 77.9 Å². The van der Waals surface area contributed by atoms with E-state index in [1.54, 1.807) is 0 Å². The predicted molar refractivity (Wildman–Crippen MR) is 212 cm³/mol. The van der Waals surface area contributed by atoms with Gasteiger partial charge in [-0.2, -0.15) is 0 Å². The molecular weight excluding hydrogens is 980 g/mol. The van der Waals surface area contributed by atoms with Crippen LogP contribution in [0, 0.1) is 0 Å². The number of ether oxygens (including phenoxy) is 12. The van der Waals surface area contributed by atoms with E-state index in [1.165, 1.54) is 0 Å². The van der Waals surface area contributed by atoms with Crippen molar-refractivity contribution in [3.8, 4) is 0 Å². The monoisotopic (exact) mass is 1030 g/mol. The van der Waals surface area contributed by atoms with Crippen molar-refractivity contribution in [3.63, 3.8) is 0 Å². The first-order valence-electron chi connectivity index (χ1n) is 15.1. The number of hydrogen-bond acceptors (Lipinski definition) is 20. The molecule has 0 aromatic rings. The minimum absolute atomic E-state index is 0. The summed E-state index contributed by atoms with van der Waals surface area (Å²) in [6, 6.07) is 0. The Morgan fingerprint density at radius 2 is 0.469 bits per heavy atom. The van der Waals surface area contributed by atoms with Gasteiger partial charge in [0.05, 0.1) is 0 Å². The van der Waals surface area contributed by atoms with Crippen LogP contribution in [0.15, 0.2) is 0 Å². The third-order valence-electron chi connectivity index (χ3n) is 4.17. The van der Waals surface area contributed by atoms with Crippen LogP contribution in [-0.2, 0) is 128 Å². The summed E-state index contributed by atoms with van der Waals surface area (Å²) in [6.07, 6.45) is -1.44. The topological polar surface area (TPSA) is 111 Å². The Kier molecular flexibility index (Phi) is 56.5. The van der Waals surface area contributed by atoms with Gasteiger partial charge in [-0.3, -0.25) is 0 Å². The zero-order valence-corrected chi connectivity index (χ0v) is 38.1. The maximum atomic E-state index is 5.18. The van der Waals surface area contributed by atoms with Crippen molar-refractivity contribution in [2.45, 2.75) is 80.6 Å². The third-order valence-corrected chi connectivity index (χ3v) is 5.11. The average molecular weight is 1030 g/mol. The first kappa shape index (κ1) is 59.1. The molecule has 0 aromatic heterocycles. The summed E-state index contributed by atoms with van der Waals surface area (Å²) in [7, 11) is 0. The molecule has 0 atom stereocenters. The Labute approximate surface area is 351 Å². The van der Waals surface area contributed by atoms with Crippen molar-refractivity contribution in [2.75, 3.05) is 79.3 Å². The second kappa shape index (κ2) is 46.8. The maximum Gasteiger partial charge on any atom is 4.00 e. The standard InChI is InChI=1S/4C7H14O3S2.Pt/c4*1-3-8-6(9-4-2)5-10-7(11)12;/h4*6H,3-5H2,1-2H3,(H,11,12);/q;;;;+4/p-4. The molecule has 0 aromatic carbocycles. The minimum Gasteiger partial charge on any atom is -0.508 e. The van der Waals surface area contributed by atoms with E-state index in [2.05, 4.69) is 99.4 Å². The molecule has 0 saturated heterocycles. The van der Waals surface area contributed by atoms with Gasteiger partial charge < -0.3 is 156 Å². The molecule has 0 aliphatic carbocycles. The summed E-state index contributed by atoms with van der Waals surface area (Å²) < 4.78 is 61.4. The van der Waals surface area contributed by atoms with Crippen LogP contribution in [0.1, 0.15) is 55.4 Å². The van der Waals surface area contributed by atoms with E-state index >= 15 is 0 Å². The first-order chi connectivity index (χ1) is 22.8. The summed E-state index contributed by atoms with van der Waals surface area (Å²) in [5.41, 5.74) is 0. The van der Waals surface area contributed by atoms with Gasteiger partial charge in [-0.15, -0.1) is 0 Å². The van der Waals surface area contributed by atoms with E-state index in [-0.39, 0.29) is 90.2 Å². The smallest absolute Gasteiger partial charge is 0.508 e. The number of thiocarbonyl (C=S) groups is 4. The van der Waals surface area contributed by atoms with Gasteiger partial charge in [0, 0.05) is 70.4 Å². The Morgan fingerprint density at radius 3 is 0.551 bits per heavy atom. The van der Waals surface area contributed by atoms with Crippen LogP contribution in [0.4, 0.5) is 0 Å². The summed E-state index contributed by atoms with van der Waals surface area (Å²) in [4.78, 5) is 0. The van der Waals surface area contributed by atoms with Crippen molar-refractivity contribution in [3.05, 3.63) is 0 Å². The summed E-state index contributed by atoms with van der Waals surface area (Å²) in [5.74, 6) is 0. The third kappa shape index (κ3) is 53.3. The van der Waals surface area contributed by atoms with Gasteiger partial charge in [0.2, 0.25) is 0 Å². The molecule has 0 bridgehead atoms. The zero-order chi connectivity index (χ0) is 37.6. The van der Waals surface area contributed by atoms with Crippen LogP contribution >= 0.6 is 48.9 Å². The second-order valence-electron chi connectivity index (χ2n) is 7.60. The van der Waals surface area contributed by atoms with Gasteiger partial charge in [0.25, 0.3) is 0 Å². The Bertz CT molecular complexity index is 622. The Morgan fingerprint density at radius 1 is 0.347 bits per heavy atom. The molecule has 0 radical (unpaired) electrons. The van der Waals surface area contributed by atoms with Gasteiger partial charge in [-0.25, -0.2) is 0 Å². The summed E-state index contributed by atoms with van der Waals surface area (Å²) in [6.45, 7) is 20.8. The average Bonchev–Trinajstić information content (AvgIpc) is 3.02. The van der Waals surface area contributed by atoms with Gasteiger partial charge in [-0.1, -0.05) is 0 Å². The number of rotatable bonds is 24. The normalized spacial score (nSPS) is 10.0. The second-order valence-corrected chi connectivity index (χ2v) is 11.6. The molecule has 0 aliphatic rings. The van der Waals surface area contributed by atoms with Crippen LogP contribution in [-0.4, -0.2) is 122 Å². The molecule has 0 amide bonds. The largest absolute Gasteiger partial charge is 4.00 e. The van der Waals surface area contributed by atoms with E-state index in [4.69, 9.17) is 56.8 Å². The minimum atomic E-state index is -0.360. The molecule has 0 fully saturated rings. The van der Waals surface area contributed by atoms with Crippen LogP contribution in [0.25, 0.3) is 0 Å². The van der Waals surface area contributed by atoms with Crippen LogP contribution in [0.5, 0.6) is 0 Å². The number of hydrogen-bond donors (Lipinski definition) is 0. The summed E-state index contributed by atoms with van der Waals surface area (Å²) in [5, 5.41) is 0. The Hall–Kier alpha value is 0.808. The molecule has 0 rings (SSSR count). The van der Waals surface area contributed by atoms with E-state index in [0.717, 1.165) is 0 Å². The van der Waals surface area contributed by atoms with Gasteiger partial charge in [0.15, 0.2) is 25.2 Å². The quantitative estimate of drug-likeness (QED) is 0.0740. The van der Waals surface area contributed by atoms with Crippen LogP contribution in [0.2, 0.25) is 0 Å². The van der Waals surface area contributed by atoms with Gasteiger partial charge >= 0.3 is 21.1 Å². The van der Waals surface area contributed by atoms with Crippen molar-refractivity contribution >= 4 is 117 Å². The van der Waals surface area contributed by atoms with Crippen molar-refractivity contribution in [1.29, 1.82) is 0 Å². The van der Waals surface area contributed by atoms with E-state index in [0.29, 0.717) is 52.9 Å². The van der Waals surface area contributed by atoms with E-state index in [1.807, 2.05) is 55.4 Å². The molecule has 0 saturated carbocycles. The van der Waals surface area contributed by atoms with Crippen molar-refractivity contribution in [2.24, 2.45) is 0 Å². The molecule has 0 N–H and O–H groups in total. The first-order valence-corrected chi connectivity index (χ1v) is 18.4. The van der Waals surface area contributed by atoms with Crippen LogP contribution < -0.4 is 0 Å². The fraction of sp³-hybridized carbons (Fsp3) is 0.857. The van der Waals surface area contributed by atoms with Crippen LogP contribution in [0.3, 0.4) is 0 Å². The SMILES string of the molecule is CCOC(COC(=S)[S-])OCC.CCOC(COC(=S)[S-])OCC.CCOC(COC(=S)[S-])OCC.CCOC(COC(=S)[S-])OCC.[Pt+4]. The molecule has 0 heterocycles. The van der Waals surface area contributed by atoms with Gasteiger partial charge in [-0.05, 0) is 55.4 Å². The molecule has 0 spiro atoms. The fourth-order valence-corrected chi connectivity index (χ4v) is 3.15. The maximum absolute atomic E-state index is 5.18. The summed E-state index contributed by atoms with van der Waals surface area (Å²) >= 11 is 36.5. The molecule has 12 nitrogen and oxygen atoms in total. The van der Waals surface area contributed by atoms with E-state index in [9.17, 15) is 0 Å². The molecule has 294 valence electrons. The predicted octanol–water partition coefficient (Wildman–Crippen LogP) is 4.93. The van der Waals surface area contributed by atoms with Gasteiger partial charge in [0.1, 0.15) is 26.4 Å². The Balaban J connectivity index is -0.000000174. The van der Waals surface area contributed by atoms with Crippen molar-refractivity contribution in [1.82, 2.24) is 0 Å². The molecular formula is C28H52O12PtS8. The molecule has 0 aliphatic heterocycles. The molecule has 21 heteroatoms. The molecule has 0 unspecified atom stereocenters. The zero-order valence-electron chi connectivity index (χ0n) is 29.3. The van der Waals surface area contributed by atoms with E-state index < -0.39 is 0 Å².